The number of benzene rings is 2. The molecule has 2 aromatic rings. The van der Waals surface area contributed by atoms with Crippen LogP contribution in [-0.2, 0) is 11.3 Å². The number of ether oxygens (including phenoxy) is 1. The lowest BCUT2D eigenvalue weighted by Gasteiger charge is -2.29. The second-order valence-electron chi connectivity index (χ2n) is 6.05. The van der Waals surface area contributed by atoms with Crippen LogP contribution in [0.1, 0.15) is 15.9 Å². The van der Waals surface area contributed by atoms with Gasteiger partial charge in [0.25, 0.3) is 5.91 Å². The van der Waals surface area contributed by atoms with Crippen LogP contribution in [-0.4, -0.2) is 44.2 Å². The van der Waals surface area contributed by atoms with Crippen molar-refractivity contribution < 1.29 is 13.9 Å². The second kappa shape index (κ2) is 7.97. The van der Waals surface area contributed by atoms with Crippen LogP contribution in [0.5, 0.6) is 0 Å². The molecule has 1 heterocycles. The molecule has 25 heavy (non-hydrogen) atoms. The molecule has 1 amide bonds. The van der Waals surface area contributed by atoms with Crippen LogP contribution in [0.25, 0.3) is 0 Å². The van der Waals surface area contributed by atoms with Gasteiger partial charge in [-0.15, -0.1) is 0 Å². The Morgan fingerprint density at radius 3 is 2.52 bits per heavy atom. The fourth-order valence-electron chi connectivity index (χ4n) is 2.85. The minimum atomic E-state index is -0.371. The summed E-state index contributed by atoms with van der Waals surface area (Å²) in [5.41, 5.74) is 2.67. The van der Waals surface area contributed by atoms with E-state index < -0.39 is 0 Å². The van der Waals surface area contributed by atoms with Gasteiger partial charge in [0.2, 0.25) is 0 Å². The first kappa shape index (κ1) is 17.9. The zero-order valence-electron chi connectivity index (χ0n) is 14.0. The number of hydrogen-bond acceptors (Lipinski definition) is 3. The van der Waals surface area contributed by atoms with Gasteiger partial charge in [-0.25, -0.2) is 4.39 Å². The van der Waals surface area contributed by atoms with E-state index in [2.05, 4.69) is 33.0 Å². The lowest BCUT2D eigenvalue weighted by atomic mass is 10.1. The Hall–Kier alpha value is -1.92. The number of hydrogen-bond donors (Lipinski definition) is 0. The summed E-state index contributed by atoms with van der Waals surface area (Å²) in [6.07, 6.45) is 0. The third kappa shape index (κ3) is 4.38. The predicted molar refractivity (Wildman–Crippen MR) is 99.4 cm³/mol. The van der Waals surface area contributed by atoms with E-state index in [1.165, 1.54) is 23.9 Å². The predicted octanol–water partition coefficient (Wildman–Crippen LogP) is 3.70. The SMILES string of the molecule is CN(Cc1ccc(N2CCOCC2)cc1)C(=O)c1ccc(F)cc1Br. The minimum absolute atomic E-state index is 0.149. The molecule has 0 N–H and O–H groups in total. The van der Waals surface area contributed by atoms with Crippen molar-refractivity contribution in [3.05, 3.63) is 63.9 Å². The number of halogens is 2. The van der Waals surface area contributed by atoms with E-state index in [4.69, 9.17) is 4.74 Å². The summed E-state index contributed by atoms with van der Waals surface area (Å²) in [7, 11) is 1.74. The molecule has 132 valence electrons. The first-order valence-electron chi connectivity index (χ1n) is 8.17. The highest BCUT2D eigenvalue weighted by molar-refractivity contribution is 9.10. The molecule has 0 atom stereocenters. The van der Waals surface area contributed by atoms with Crippen molar-refractivity contribution in [2.45, 2.75) is 6.54 Å². The van der Waals surface area contributed by atoms with Crippen molar-refractivity contribution in [2.24, 2.45) is 0 Å². The fraction of sp³-hybridized carbons (Fsp3) is 0.316. The van der Waals surface area contributed by atoms with Crippen molar-refractivity contribution in [2.75, 3.05) is 38.3 Å². The van der Waals surface area contributed by atoms with Crippen LogP contribution in [0.3, 0.4) is 0 Å². The first-order valence-corrected chi connectivity index (χ1v) is 8.96. The van der Waals surface area contributed by atoms with Gasteiger partial charge in [-0.05, 0) is 51.8 Å². The Kier molecular flexibility index (Phi) is 5.71. The molecular weight excluding hydrogens is 387 g/mol. The molecule has 0 aliphatic carbocycles. The lowest BCUT2D eigenvalue weighted by molar-refractivity contribution is 0.0784. The van der Waals surface area contributed by atoms with Crippen molar-refractivity contribution in [3.63, 3.8) is 0 Å². The molecule has 1 aliphatic rings. The van der Waals surface area contributed by atoms with E-state index in [0.29, 0.717) is 16.6 Å². The Bertz CT molecular complexity index is 746. The fourth-order valence-corrected chi connectivity index (χ4v) is 3.37. The Morgan fingerprint density at radius 1 is 1.20 bits per heavy atom. The Morgan fingerprint density at radius 2 is 1.88 bits per heavy atom. The van der Waals surface area contributed by atoms with Gasteiger partial charge in [-0.1, -0.05) is 12.1 Å². The summed E-state index contributed by atoms with van der Waals surface area (Å²) in [5, 5.41) is 0. The third-order valence-electron chi connectivity index (χ3n) is 4.24. The number of carbonyl (C=O) groups excluding carboxylic acids is 1. The average molecular weight is 407 g/mol. The van der Waals surface area contributed by atoms with E-state index in [0.717, 1.165) is 31.9 Å². The zero-order valence-corrected chi connectivity index (χ0v) is 15.6. The van der Waals surface area contributed by atoms with Gasteiger partial charge in [0, 0.05) is 36.8 Å². The standard InChI is InChI=1S/C19H20BrFN2O2/c1-22(19(24)17-7-4-15(21)12-18(17)20)13-14-2-5-16(6-3-14)23-8-10-25-11-9-23/h2-7,12H,8-11,13H2,1H3. The van der Waals surface area contributed by atoms with Crippen LogP contribution in [0, 0.1) is 5.82 Å². The highest BCUT2D eigenvalue weighted by atomic mass is 79.9. The van der Waals surface area contributed by atoms with Gasteiger partial charge >= 0.3 is 0 Å². The average Bonchev–Trinajstić information content (AvgIpc) is 2.62. The van der Waals surface area contributed by atoms with Crippen LogP contribution in [0.2, 0.25) is 0 Å². The van der Waals surface area contributed by atoms with E-state index >= 15 is 0 Å². The molecule has 0 spiro atoms. The molecular formula is C19H20BrFN2O2. The van der Waals surface area contributed by atoms with Crippen LogP contribution < -0.4 is 4.90 Å². The number of anilines is 1. The number of amides is 1. The number of nitrogens with zero attached hydrogens (tertiary/aromatic N) is 2. The molecule has 0 unspecified atom stereocenters. The van der Waals surface area contributed by atoms with Gasteiger partial charge in [0.15, 0.2) is 0 Å². The summed E-state index contributed by atoms with van der Waals surface area (Å²) < 4.78 is 19.0. The summed E-state index contributed by atoms with van der Waals surface area (Å²) >= 11 is 3.25. The van der Waals surface area contributed by atoms with Gasteiger partial charge < -0.3 is 14.5 Å². The summed E-state index contributed by atoms with van der Waals surface area (Å²) in [5.74, 6) is -0.520. The lowest BCUT2D eigenvalue weighted by Crippen LogP contribution is -2.36. The van der Waals surface area contributed by atoms with Gasteiger partial charge in [-0.2, -0.15) is 0 Å². The van der Waals surface area contributed by atoms with Crippen LogP contribution >= 0.6 is 15.9 Å². The third-order valence-corrected chi connectivity index (χ3v) is 4.90. The molecule has 1 saturated heterocycles. The molecule has 1 aliphatic heterocycles. The molecule has 0 radical (unpaired) electrons. The normalized spacial score (nSPS) is 14.4. The van der Waals surface area contributed by atoms with E-state index in [1.807, 2.05) is 12.1 Å². The molecule has 6 heteroatoms. The smallest absolute Gasteiger partial charge is 0.255 e. The van der Waals surface area contributed by atoms with Crippen molar-refractivity contribution in [3.8, 4) is 0 Å². The van der Waals surface area contributed by atoms with E-state index in [-0.39, 0.29) is 11.7 Å². The molecule has 2 aromatic carbocycles. The van der Waals surface area contributed by atoms with Crippen LogP contribution in [0.15, 0.2) is 46.9 Å². The monoisotopic (exact) mass is 406 g/mol. The van der Waals surface area contributed by atoms with Gasteiger partial charge in [0.05, 0.1) is 18.8 Å². The van der Waals surface area contributed by atoms with E-state index in [9.17, 15) is 9.18 Å². The number of morpholine rings is 1. The number of carbonyl (C=O) groups is 1. The molecule has 3 rings (SSSR count). The molecule has 1 fully saturated rings. The topological polar surface area (TPSA) is 32.8 Å². The van der Waals surface area contributed by atoms with Crippen molar-refractivity contribution in [1.82, 2.24) is 4.90 Å². The number of rotatable bonds is 4. The summed E-state index contributed by atoms with van der Waals surface area (Å²) in [6.45, 7) is 3.80. The highest BCUT2D eigenvalue weighted by Crippen LogP contribution is 2.21. The largest absolute Gasteiger partial charge is 0.378 e. The summed E-state index contributed by atoms with van der Waals surface area (Å²) in [6, 6.07) is 12.3. The van der Waals surface area contributed by atoms with E-state index in [1.54, 1.807) is 11.9 Å². The minimum Gasteiger partial charge on any atom is -0.378 e. The quantitative estimate of drug-likeness (QED) is 0.775. The Balaban J connectivity index is 1.65. The highest BCUT2D eigenvalue weighted by Gasteiger charge is 2.16. The molecule has 4 nitrogen and oxygen atoms in total. The first-order chi connectivity index (χ1) is 12.0. The molecule has 0 saturated carbocycles. The maximum atomic E-state index is 13.2. The maximum absolute atomic E-state index is 13.2. The summed E-state index contributed by atoms with van der Waals surface area (Å²) in [4.78, 5) is 16.5. The van der Waals surface area contributed by atoms with Gasteiger partial charge in [0.1, 0.15) is 5.82 Å². The van der Waals surface area contributed by atoms with Crippen molar-refractivity contribution >= 4 is 27.5 Å². The zero-order chi connectivity index (χ0) is 17.8. The Labute approximate surface area is 155 Å². The van der Waals surface area contributed by atoms with Gasteiger partial charge in [-0.3, -0.25) is 4.79 Å². The van der Waals surface area contributed by atoms with Crippen molar-refractivity contribution in [1.29, 1.82) is 0 Å². The maximum Gasteiger partial charge on any atom is 0.255 e. The molecule has 0 aromatic heterocycles. The second-order valence-corrected chi connectivity index (χ2v) is 6.91. The van der Waals surface area contributed by atoms with Crippen LogP contribution in [0.4, 0.5) is 10.1 Å². The molecule has 0 bridgehead atoms.